The van der Waals surface area contributed by atoms with Gasteiger partial charge in [0.2, 0.25) is 11.2 Å². The van der Waals surface area contributed by atoms with Crippen molar-refractivity contribution < 1.29 is 10.2 Å². The van der Waals surface area contributed by atoms with Crippen LogP contribution in [-0.4, -0.2) is 10.2 Å². The summed E-state index contributed by atoms with van der Waals surface area (Å²) in [6, 6.07) is 25.2. The quantitative estimate of drug-likeness (QED) is 0.517. The molecule has 0 amide bonds. The fourth-order valence-electron chi connectivity index (χ4n) is 3.41. The van der Waals surface area contributed by atoms with E-state index in [1.807, 2.05) is 42.5 Å². The molecule has 4 rings (SSSR count). The summed E-state index contributed by atoms with van der Waals surface area (Å²) in [5, 5.41) is 22.0. The Balaban J connectivity index is 1.83. The van der Waals surface area contributed by atoms with Gasteiger partial charge >= 0.3 is 0 Å². The van der Waals surface area contributed by atoms with Gasteiger partial charge < -0.3 is 10.2 Å². The smallest absolute Gasteiger partial charge is 0.224 e. The van der Waals surface area contributed by atoms with Crippen molar-refractivity contribution in [3.63, 3.8) is 0 Å². The number of rotatable bonds is 2. The Morgan fingerprint density at radius 1 is 0.704 bits per heavy atom. The Hall–Kier alpha value is -3.59. The summed E-state index contributed by atoms with van der Waals surface area (Å²) in [7, 11) is 0. The van der Waals surface area contributed by atoms with Gasteiger partial charge in [-0.15, -0.1) is 0 Å². The van der Waals surface area contributed by atoms with Gasteiger partial charge in [-0.3, -0.25) is 4.79 Å². The number of hydrogen-bond donors (Lipinski definition) is 2. The minimum Gasteiger partial charge on any atom is -0.504 e. The van der Waals surface area contributed by atoms with Gasteiger partial charge in [0.1, 0.15) is 0 Å². The highest BCUT2D eigenvalue weighted by Gasteiger charge is 2.09. The molecule has 3 nitrogen and oxygen atoms in total. The summed E-state index contributed by atoms with van der Waals surface area (Å²) in [5.41, 5.74) is 3.90. The lowest BCUT2D eigenvalue weighted by molar-refractivity contribution is 0.402. The van der Waals surface area contributed by atoms with Crippen molar-refractivity contribution in [3.05, 3.63) is 94.6 Å². The first kappa shape index (κ1) is 16.9. The van der Waals surface area contributed by atoms with Gasteiger partial charge in [-0.1, -0.05) is 66.7 Å². The summed E-state index contributed by atoms with van der Waals surface area (Å²) < 4.78 is 0. The van der Waals surface area contributed by atoms with Crippen LogP contribution in [0.4, 0.5) is 0 Å². The average Bonchev–Trinajstić information content (AvgIpc) is 2.79. The Labute approximate surface area is 156 Å². The molecule has 0 saturated carbocycles. The van der Waals surface area contributed by atoms with Crippen LogP contribution in [0.5, 0.6) is 11.5 Å². The highest BCUT2D eigenvalue weighted by atomic mass is 16.3. The van der Waals surface area contributed by atoms with E-state index >= 15 is 0 Å². The van der Waals surface area contributed by atoms with E-state index in [1.54, 1.807) is 6.92 Å². The number of aryl methyl sites for hydroxylation is 1. The minimum atomic E-state index is -0.628. The lowest BCUT2D eigenvalue weighted by atomic mass is 9.95. The van der Waals surface area contributed by atoms with Crippen LogP contribution in [-0.2, 0) is 0 Å². The standard InChI is InChI=1S/C24H18O3/c1-15-13-22(25)24(27)23(26)14-21(15)18-11-9-17(10-12-18)20-8-4-6-16-5-2-3-7-19(16)20/h2-14H,1H3,(H2,25,26,27). The van der Waals surface area contributed by atoms with Crippen LogP contribution in [0.1, 0.15) is 5.56 Å². The number of aromatic hydroxyl groups is 2. The highest BCUT2D eigenvalue weighted by Crippen LogP contribution is 2.32. The molecule has 0 spiro atoms. The third-order valence-corrected chi connectivity index (χ3v) is 4.83. The van der Waals surface area contributed by atoms with E-state index in [4.69, 9.17) is 0 Å². The molecular formula is C24H18O3. The fourth-order valence-corrected chi connectivity index (χ4v) is 3.41. The molecule has 0 heterocycles. The van der Waals surface area contributed by atoms with E-state index in [2.05, 4.69) is 24.3 Å². The SMILES string of the molecule is Cc1cc(=O)c(O)c(O)cc1-c1ccc(-c2cccc3ccccc23)cc1. The lowest BCUT2D eigenvalue weighted by Gasteiger charge is -2.09. The third-order valence-electron chi connectivity index (χ3n) is 4.83. The molecule has 0 aromatic heterocycles. The Bertz CT molecular complexity index is 1200. The minimum absolute atomic E-state index is 0.416. The van der Waals surface area contributed by atoms with E-state index in [0.717, 1.165) is 16.7 Å². The van der Waals surface area contributed by atoms with Gasteiger partial charge in [0.25, 0.3) is 0 Å². The van der Waals surface area contributed by atoms with Gasteiger partial charge in [-0.25, -0.2) is 0 Å². The maximum atomic E-state index is 11.8. The molecule has 0 saturated heterocycles. The van der Waals surface area contributed by atoms with Gasteiger partial charge in [-0.05, 0) is 57.6 Å². The zero-order chi connectivity index (χ0) is 19.0. The lowest BCUT2D eigenvalue weighted by Crippen LogP contribution is -1.94. The van der Waals surface area contributed by atoms with Gasteiger partial charge in [0.05, 0.1) is 0 Å². The Morgan fingerprint density at radius 3 is 2.07 bits per heavy atom. The summed E-state index contributed by atoms with van der Waals surface area (Å²) in [4.78, 5) is 11.8. The summed E-state index contributed by atoms with van der Waals surface area (Å²) in [5.74, 6) is -1.04. The molecule has 0 fully saturated rings. The molecule has 0 unspecified atom stereocenters. The van der Waals surface area contributed by atoms with Crippen LogP contribution < -0.4 is 5.43 Å². The molecule has 4 aromatic rings. The number of fused-ring (bicyclic) bond motifs is 1. The molecule has 2 N–H and O–H groups in total. The van der Waals surface area contributed by atoms with Gasteiger partial charge in [0, 0.05) is 0 Å². The van der Waals surface area contributed by atoms with Gasteiger partial charge in [0.15, 0.2) is 5.75 Å². The van der Waals surface area contributed by atoms with Crippen molar-refractivity contribution in [2.45, 2.75) is 6.92 Å². The Kier molecular flexibility index (Phi) is 4.13. The second-order valence-corrected chi connectivity index (χ2v) is 6.59. The van der Waals surface area contributed by atoms with E-state index in [-0.39, 0.29) is 0 Å². The average molecular weight is 354 g/mol. The normalized spacial score (nSPS) is 10.9. The molecule has 0 aliphatic carbocycles. The summed E-state index contributed by atoms with van der Waals surface area (Å²) in [6.07, 6.45) is 0. The second kappa shape index (κ2) is 6.61. The predicted molar refractivity (Wildman–Crippen MR) is 109 cm³/mol. The van der Waals surface area contributed by atoms with Crippen LogP contribution in [0, 0.1) is 6.92 Å². The van der Waals surface area contributed by atoms with Gasteiger partial charge in [-0.2, -0.15) is 0 Å². The van der Waals surface area contributed by atoms with Crippen molar-refractivity contribution in [2.24, 2.45) is 0 Å². The molecule has 0 aliphatic heterocycles. The number of benzene rings is 3. The molecule has 3 heteroatoms. The second-order valence-electron chi connectivity index (χ2n) is 6.59. The predicted octanol–water partition coefficient (Wildman–Crippen LogP) is 5.25. The molecule has 27 heavy (non-hydrogen) atoms. The van der Waals surface area contributed by atoms with Crippen LogP contribution in [0.3, 0.4) is 0 Å². The highest BCUT2D eigenvalue weighted by molar-refractivity contribution is 5.96. The zero-order valence-electron chi connectivity index (χ0n) is 14.8. The molecule has 132 valence electrons. The molecule has 0 aliphatic rings. The van der Waals surface area contributed by atoms with E-state index in [9.17, 15) is 15.0 Å². The van der Waals surface area contributed by atoms with Crippen molar-refractivity contribution in [3.8, 4) is 33.8 Å². The third kappa shape index (κ3) is 3.04. The van der Waals surface area contributed by atoms with Crippen LogP contribution >= 0.6 is 0 Å². The number of hydrogen-bond acceptors (Lipinski definition) is 3. The monoisotopic (exact) mass is 354 g/mol. The van der Waals surface area contributed by atoms with E-state index in [1.165, 1.54) is 22.9 Å². The molecule has 4 aromatic carbocycles. The van der Waals surface area contributed by atoms with Crippen LogP contribution in [0.2, 0.25) is 0 Å². The maximum absolute atomic E-state index is 11.8. The molecule has 0 bridgehead atoms. The first-order valence-corrected chi connectivity index (χ1v) is 8.70. The van der Waals surface area contributed by atoms with Crippen molar-refractivity contribution in [1.82, 2.24) is 0 Å². The first-order valence-electron chi connectivity index (χ1n) is 8.70. The zero-order valence-corrected chi connectivity index (χ0v) is 14.8. The van der Waals surface area contributed by atoms with Crippen LogP contribution in [0.15, 0.2) is 83.7 Å². The molecule has 0 atom stereocenters. The summed E-state index contributed by atoms with van der Waals surface area (Å²) >= 11 is 0. The maximum Gasteiger partial charge on any atom is 0.224 e. The summed E-state index contributed by atoms with van der Waals surface area (Å²) in [6.45, 7) is 1.79. The van der Waals surface area contributed by atoms with E-state index in [0.29, 0.717) is 11.1 Å². The van der Waals surface area contributed by atoms with Crippen molar-refractivity contribution in [2.75, 3.05) is 0 Å². The topological polar surface area (TPSA) is 57.5 Å². The molecule has 0 radical (unpaired) electrons. The first-order chi connectivity index (χ1) is 13.0. The van der Waals surface area contributed by atoms with Crippen LogP contribution in [0.25, 0.3) is 33.0 Å². The molecular weight excluding hydrogens is 336 g/mol. The Morgan fingerprint density at radius 2 is 1.33 bits per heavy atom. The van der Waals surface area contributed by atoms with E-state index < -0.39 is 16.9 Å². The largest absolute Gasteiger partial charge is 0.504 e. The van der Waals surface area contributed by atoms with Crippen molar-refractivity contribution in [1.29, 1.82) is 0 Å². The van der Waals surface area contributed by atoms with Crippen molar-refractivity contribution >= 4 is 10.8 Å². The fraction of sp³-hybridized carbons (Fsp3) is 0.0417.